The summed E-state index contributed by atoms with van der Waals surface area (Å²) in [5.41, 5.74) is -0.670. The maximum Gasteiger partial charge on any atom is 0.359 e. The van der Waals surface area contributed by atoms with Crippen LogP contribution in [0.25, 0.3) is 22.3 Å². The number of hydrogen-bond acceptors (Lipinski definition) is 4. The molecule has 1 aromatic heterocycles. The van der Waals surface area contributed by atoms with E-state index in [9.17, 15) is 14.9 Å². The molecule has 2 aromatic carbocycles. The highest BCUT2D eigenvalue weighted by Crippen LogP contribution is 2.35. The lowest BCUT2D eigenvalue weighted by atomic mass is 10.1. The van der Waals surface area contributed by atoms with Crippen LogP contribution in [-0.4, -0.2) is 4.92 Å². The Morgan fingerprint density at radius 1 is 1.13 bits per heavy atom. The minimum atomic E-state index is -0.732. The summed E-state index contributed by atoms with van der Waals surface area (Å²) in [6.45, 7) is 0. The van der Waals surface area contributed by atoms with E-state index in [-0.39, 0.29) is 16.7 Å². The molecule has 0 saturated heterocycles. The van der Waals surface area contributed by atoms with Crippen LogP contribution >= 0.6 is 43.5 Å². The van der Waals surface area contributed by atoms with Crippen LogP contribution in [-0.2, 0) is 0 Å². The van der Waals surface area contributed by atoms with Gasteiger partial charge in [-0.2, -0.15) is 0 Å². The summed E-state index contributed by atoms with van der Waals surface area (Å²) in [7, 11) is 0. The molecule has 0 bridgehead atoms. The van der Waals surface area contributed by atoms with Crippen LogP contribution in [0.15, 0.2) is 54.6 Å². The summed E-state index contributed by atoms with van der Waals surface area (Å²) in [5.74, 6) is -0.104. The van der Waals surface area contributed by atoms with Gasteiger partial charge in [0.1, 0.15) is 0 Å². The summed E-state index contributed by atoms with van der Waals surface area (Å²) < 4.78 is 6.82. The van der Waals surface area contributed by atoms with E-state index in [4.69, 9.17) is 16.0 Å². The van der Waals surface area contributed by atoms with Gasteiger partial charge in [0.25, 0.3) is 5.43 Å². The number of fused-ring (bicyclic) bond motifs is 1. The van der Waals surface area contributed by atoms with Crippen LogP contribution in [0.2, 0.25) is 5.02 Å². The number of benzene rings is 2. The van der Waals surface area contributed by atoms with Gasteiger partial charge in [0, 0.05) is 15.1 Å². The molecule has 8 heteroatoms. The van der Waals surface area contributed by atoms with Gasteiger partial charge >= 0.3 is 5.69 Å². The van der Waals surface area contributed by atoms with E-state index in [1.807, 2.05) is 0 Å². The van der Waals surface area contributed by atoms with Gasteiger partial charge in [-0.3, -0.25) is 14.9 Å². The van der Waals surface area contributed by atoms with Gasteiger partial charge in [-0.05, 0) is 52.3 Å². The van der Waals surface area contributed by atoms with Crippen molar-refractivity contribution in [2.24, 2.45) is 0 Å². The summed E-state index contributed by atoms with van der Waals surface area (Å²) in [6, 6.07) is 9.45. The first-order chi connectivity index (χ1) is 10.9. The average Bonchev–Trinajstić information content (AvgIpc) is 2.48. The fraction of sp³-hybridized carbons (Fsp3) is 0. The number of rotatable bonds is 2. The predicted molar refractivity (Wildman–Crippen MR) is 95.0 cm³/mol. The van der Waals surface area contributed by atoms with Crippen LogP contribution in [0.5, 0.6) is 0 Å². The molecule has 0 aliphatic rings. The molecule has 5 nitrogen and oxygen atoms in total. The smallest absolute Gasteiger partial charge is 0.359 e. The average molecular weight is 459 g/mol. The second-order valence-corrected chi connectivity index (χ2v) is 6.84. The molecule has 0 fully saturated rings. The van der Waals surface area contributed by atoms with Gasteiger partial charge in [-0.15, -0.1) is 0 Å². The minimum Gasteiger partial charge on any atom is -0.447 e. The lowest BCUT2D eigenvalue weighted by molar-refractivity contribution is -0.386. The van der Waals surface area contributed by atoms with Crippen LogP contribution in [0.3, 0.4) is 0 Å². The van der Waals surface area contributed by atoms with Crippen molar-refractivity contribution >= 4 is 60.1 Å². The van der Waals surface area contributed by atoms with Crippen molar-refractivity contribution in [2.45, 2.75) is 0 Å². The number of hydrogen-bond donors (Lipinski definition) is 0. The molecule has 0 aliphatic carbocycles. The largest absolute Gasteiger partial charge is 0.447 e. The van der Waals surface area contributed by atoms with E-state index in [0.29, 0.717) is 19.5 Å². The quantitative estimate of drug-likeness (QED) is 0.372. The Bertz CT molecular complexity index is 999. The topological polar surface area (TPSA) is 73.3 Å². The van der Waals surface area contributed by atoms with Crippen molar-refractivity contribution in [3.8, 4) is 11.3 Å². The zero-order valence-corrected chi connectivity index (χ0v) is 15.1. The van der Waals surface area contributed by atoms with Gasteiger partial charge in [0.2, 0.25) is 5.76 Å². The van der Waals surface area contributed by atoms with Crippen molar-refractivity contribution in [3.05, 3.63) is 70.7 Å². The third kappa shape index (κ3) is 2.91. The summed E-state index contributed by atoms with van der Waals surface area (Å²) in [5, 5.41) is 12.0. The molecule has 1 heterocycles. The molecule has 0 N–H and O–H groups in total. The molecule has 0 aliphatic heterocycles. The van der Waals surface area contributed by atoms with E-state index < -0.39 is 16.0 Å². The monoisotopic (exact) mass is 457 g/mol. The lowest BCUT2D eigenvalue weighted by Crippen LogP contribution is -2.10. The minimum absolute atomic E-state index is 0.104. The van der Waals surface area contributed by atoms with E-state index in [1.54, 1.807) is 30.3 Å². The van der Waals surface area contributed by atoms with Crippen LogP contribution < -0.4 is 5.43 Å². The Balaban J connectivity index is 2.46. The Labute approximate surface area is 151 Å². The predicted octanol–water partition coefficient (Wildman–Crippen LogP) is 5.55. The Morgan fingerprint density at radius 3 is 2.39 bits per heavy atom. The Hall–Kier alpha value is -1.70. The summed E-state index contributed by atoms with van der Waals surface area (Å²) in [6.07, 6.45) is 0. The lowest BCUT2D eigenvalue weighted by Gasteiger charge is -2.06. The highest BCUT2D eigenvalue weighted by molar-refractivity contribution is 9.11. The van der Waals surface area contributed by atoms with E-state index in [2.05, 4.69) is 31.9 Å². The molecule has 0 unspecified atom stereocenters. The van der Waals surface area contributed by atoms with Crippen molar-refractivity contribution < 1.29 is 9.34 Å². The van der Waals surface area contributed by atoms with Crippen LogP contribution in [0, 0.1) is 10.1 Å². The molecule has 0 atom stereocenters. The molecule has 3 rings (SSSR count). The Morgan fingerprint density at radius 2 is 1.78 bits per heavy atom. The molecule has 0 spiro atoms. The van der Waals surface area contributed by atoms with E-state index >= 15 is 0 Å². The molecule has 116 valence electrons. The SMILES string of the molecule is O=c1c([N+](=O)[O-])c(-c2ccc(Cl)cc2)oc2c(Br)cc(Br)cc12. The van der Waals surface area contributed by atoms with Gasteiger partial charge in [-0.1, -0.05) is 27.5 Å². The van der Waals surface area contributed by atoms with Crippen LogP contribution in [0.1, 0.15) is 0 Å². The molecular weight excluding hydrogens is 453 g/mol. The number of nitro groups is 1. The maximum absolute atomic E-state index is 12.6. The third-order valence-electron chi connectivity index (χ3n) is 3.18. The summed E-state index contributed by atoms with van der Waals surface area (Å²) >= 11 is 12.4. The molecule has 0 amide bonds. The second-order valence-electron chi connectivity index (χ2n) is 4.64. The van der Waals surface area contributed by atoms with Crippen molar-refractivity contribution in [1.29, 1.82) is 0 Å². The zero-order valence-electron chi connectivity index (χ0n) is 11.2. The second kappa shape index (κ2) is 6.07. The zero-order chi connectivity index (χ0) is 16.7. The molecule has 0 saturated carbocycles. The van der Waals surface area contributed by atoms with E-state index in [0.717, 1.165) is 0 Å². The van der Waals surface area contributed by atoms with Crippen LogP contribution in [0.4, 0.5) is 5.69 Å². The van der Waals surface area contributed by atoms with E-state index in [1.165, 1.54) is 6.07 Å². The van der Waals surface area contributed by atoms with Crippen molar-refractivity contribution in [2.75, 3.05) is 0 Å². The first kappa shape index (κ1) is 16.2. The summed E-state index contributed by atoms with van der Waals surface area (Å²) in [4.78, 5) is 23.2. The molecule has 23 heavy (non-hydrogen) atoms. The van der Waals surface area contributed by atoms with Gasteiger partial charge < -0.3 is 4.42 Å². The highest BCUT2D eigenvalue weighted by atomic mass is 79.9. The van der Waals surface area contributed by atoms with Crippen molar-refractivity contribution in [3.63, 3.8) is 0 Å². The van der Waals surface area contributed by atoms with Gasteiger partial charge in [0.05, 0.1) is 14.8 Å². The van der Waals surface area contributed by atoms with Gasteiger partial charge in [0.15, 0.2) is 5.58 Å². The fourth-order valence-corrected chi connectivity index (χ4v) is 3.61. The first-order valence-corrected chi connectivity index (χ1v) is 8.21. The van der Waals surface area contributed by atoms with Crippen molar-refractivity contribution in [1.82, 2.24) is 0 Å². The third-order valence-corrected chi connectivity index (χ3v) is 4.48. The molecule has 0 radical (unpaired) electrons. The molecular formula is C15H6Br2ClNO4. The molecule has 3 aromatic rings. The van der Waals surface area contributed by atoms with Gasteiger partial charge in [-0.25, -0.2) is 0 Å². The highest BCUT2D eigenvalue weighted by Gasteiger charge is 2.26. The standard InChI is InChI=1S/C15H6Br2ClNO4/c16-8-5-10-13(20)12(19(21)22)14(23-15(10)11(17)6-8)7-1-3-9(18)4-2-7/h1-6H. The first-order valence-electron chi connectivity index (χ1n) is 6.24. The Kier molecular flexibility index (Phi) is 4.27. The fourth-order valence-electron chi connectivity index (χ4n) is 2.18. The maximum atomic E-state index is 12.6. The number of halogens is 3. The number of nitrogens with zero attached hydrogens (tertiary/aromatic N) is 1. The normalized spacial score (nSPS) is 10.9.